The second kappa shape index (κ2) is 6.95. The largest absolute Gasteiger partial charge is 0.481 e. The van der Waals surface area contributed by atoms with Gasteiger partial charge in [-0.05, 0) is 99.3 Å². The fraction of sp³-hybridized carbons (Fsp3) is 0.636. The second-order valence-electron chi connectivity index (χ2n) is 8.85. The topological polar surface area (TPSA) is 62.1 Å². The highest BCUT2D eigenvalue weighted by atomic mass is 16.5. The quantitative estimate of drug-likeness (QED) is 0.840. The smallest absolute Gasteiger partial charge is 0.260 e. The van der Waals surface area contributed by atoms with Gasteiger partial charge in [0.1, 0.15) is 5.75 Å². The van der Waals surface area contributed by atoms with E-state index >= 15 is 0 Å². The standard InChI is InChI=1S/C22H28N2O2/c1-15(26-20-4-2-16(14-23)3-5-20)21(25)24-7-6-22-11-17-8-18(12-22)10-19(9-17)13-22/h2-5,15,17-19H,6-13H2,1H3,(H,24,25). The Bertz CT molecular complexity index is 669. The number of nitriles is 1. The highest BCUT2D eigenvalue weighted by Crippen LogP contribution is 2.61. The minimum Gasteiger partial charge on any atom is -0.481 e. The molecule has 1 aromatic carbocycles. The summed E-state index contributed by atoms with van der Waals surface area (Å²) in [5, 5.41) is 11.9. The molecule has 0 saturated heterocycles. The molecule has 0 aliphatic heterocycles. The highest BCUT2D eigenvalue weighted by Gasteiger charge is 2.50. The van der Waals surface area contributed by atoms with Crippen molar-refractivity contribution in [1.82, 2.24) is 5.32 Å². The van der Waals surface area contributed by atoms with Crippen LogP contribution < -0.4 is 10.1 Å². The minimum atomic E-state index is -0.528. The van der Waals surface area contributed by atoms with Crippen molar-refractivity contribution in [3.8, 4) is 11.8 Å². The number of hydrogen-bond donors (Lipinski definition) is 1. The van der Waals surface area contributed by atoms with E-state index in [4.69, 9.17) is 10.00 Å². The number of benzene rings is 1. The maximum Gasteiger partial charge on any atom is 0.260 e. The van der Waals surface area contributed by atoms with Gasteiger partial charge in [0.05, 0.1) is 11.6 Å². The molecule has 4 fully saturated rings. The number of rotatable bonds is 6. The molecule has 26 heavy (non-hydrogen) atoms. The van der Waals surface area contributed by atoms with Crippen LogP contribution in [-0.2, 0) is 4.79 Å². The van der Waals surface area contributed by atoms with Crippen molar-refractivity contribution in [2.75, 3.05) is 6.54 Å². The fourth-order valence-electron chi connectivity index (χ4n) is 6.06. The number of hydrogen-bond acceptors (Lipinski definition) is 3. The first-order valence-electron chi connectivity index (χ1n) is 10.00. The molecule has 0 spiro atoms. The lowest BCUT2D eigenvalue weighted by atomic mass is 9.49. The zero-order valence-corrected chi connectivity index (χ0v) is 15.5. The monoisotopic (exact) mass is 352 g/mol. The summed E-state index contributed by atoms with van der Waals surface area (Å²) < 4.78 is 5.70. The molecule has 4 saturated carbocycles. The Morgan fingerprint density at radius 3 is 2.31 bits per heavy atom. The summed E-state index contributed by atoms with van der Waals surface area (Å²) >= 11 is 0. The van der Waals surface area contributed by atoms with E-state index < -0.39 is 6.10 Å². The van der Waals surface area contributed by atoms with Crippen LogP contribution in [-0.4, -0.2) is 18.6 Å². The lowest BCUT2D eigenvalue weighted by Crippen LogP contribution is -2.47. The zero-order chi connectivity index (χ0) is 18.1. The first-order valence-corrected chi connectivity index (χ1v) is 10.00. The molecule has 0 heterocycles. The molecular formula is C22H28N2O2. The van der Waals surface area contributed by atoms with E-state index in [2.05, 4.69) is 11.4 Å². The summed E-state index contributed by atoms with van der Waals surface area (Å²) in [5.41, 5.74) is 1.09. The third kappa shape index (κ3) is 3.58. The molecule has 1 aromatic rings. The van der Waals surface area contributed by atoms with Gasteiger partial charge in [-0.1, -0.05) is 0 Å². The second-order valence-corrected chi connectivity index (χ2v) is 8.85. The molecule has 4 bridgehead atoms. The highest BCUT2D eigenvalue weighted by molar-refractivity contribution is 5.80. The van der Waals surface area contributed by atoms with Crippen LogP contribution in [0, 0.1) is 34.5 Å². The van der Waals surface area contributed by atoms with Crippen molar-refractivity contribution >= 4 is 5.91 Å². The first kappa shape index (κ1) is 17.4. The summed E-state index contributed by atoms with van der Waals surface area (Å²) in [4.78, 5) is 12.4. The van der Waals surface area contributed by atoms with Crippen LogP contribution in [0.4, 0.5) is 0 Å². The number of ether oxygens (including phenoxy) is 1. The third-order valence-electron chi connectivity index (χ3n) is 6.79. The molecular weight excluding hydrogens is 324 g/mol. The molecule has 138 valence electrons. The van der Waals surface area contributed by atoms with Crippen LogP contribution in [0.25, 0.3) is 0 Å². The van der Waals surface area contributed by atoms with Gasteiger partial charge in [-0.3, -0.25) is 4.79 Å². The van der Waals surface area contributed by atoms with E-state index in [1.807, 2.05) is 0 Å². The van der Waals surface area contributed by atoms with Crippen LogP contribution in [0.3, 0.4) is 0 Å². The predicted molar refractivity (Wildman–Crippen MR) is 99.5 cm³/mol. The van der Waals surface area contributed by atoms with Crippen molar-refractivity contribution in [2.45, 2.75) is 58.0 Å². The SMILES string of the molecule is CC(Oc1ccc(C#N)cc1)C(=O)NCCC12CC3CC(CC(C3)C1)C2. The van der Waals surface area contributed by atoms with Gasteiger partial charge < -0.3 is 10.1 Å². The molecule has 0 aromatic heterocycles. The van der Waals surface area contributed by atoms with E-state index in [1.165, 1.54) is 38.5 Å². The van der Waals surface area contributed by atoms with Crippen LogP contribution in [0.1, 0.15) is 57.4 Å². The van der Waals surface area contributed by atoms with Crippen molar-refractivity contribution in [3.05, 3.63) is 29.8 Å². The van der Waals surface area contributed by atoms with Gasteiger partial charge in [-0.25, -0.2) is 0 Å². The van der Waals surface area contributed by atoms with Gasteiger partial charge in [0.25, 0.3) is 5.91 Å². The molecule has 1 amide bonds. The molecule has 4 heteroatoms. The van der Waals surface area contributed by atoms with Gasteiger partial charge in [-0.2, -0.15) is 5.26 Å². The normalized spacial score (nSPS) is 32.7. The van der Waals surface area contributed by atoms with Crippen LogP contribution in [0.5, 0.6) is 5.75 Å². The van der Waals surface area contributed by atoms with Gasteiger partial charge in [-0.15, -0.1) is 0 Å². The van der Waals surface area contributed by atoms with Crippen molar-refractivity contribution in [3.63, 3.8) is 0 Å². The van der Waals surface area contributed by atoms with E-state index in [1.54, 1.807) is 31.2 Å². The molecule has 1 unspecified atom stereocenters. The number of amides is 1. The summed E-state index contributed by atoms with van der Waals surface area (Å²) in [5.74, 6) is 3.42. The van der Waals surface area contributed by atoms with E-state index in [0.29, 0.717) is 16.7 Å². The first-order chi connectivity index (χ1) is 12.5. The molecule has 4 aliphatic rings. The maximum absolute atomic E-state index is 12.4. The van der Waals surface area contributed by atoms with E-state index in [9.17, 15) is 4.79 Å². The Balaban J connectivity index is 1.25. The zero-order valence-electron chi connectivity index (χ0n) is 15.5. The summed E-state index contributed by atoms with van der Waals surface area (Å²) in [6, 6.07) is 8.95. The maximum atomic E-state index is 12.4. The lowest BCUT2D eigenvalue weighted by molar-refractivity contribution is -0.127. The van der Waals surface area contributed by atoms with Gasteiger partial charge >= 0.3 is 0 Å². The van der Waals surface area contributed by atoms with Crippen LogP contribution in [0.15, 0.2) is 24.3 Å². The molecule has 4 nitrogen and oxygen atoms in total. The molecule has 5 rings (SSSR count). The van der Waals surface area contributed by atoms with Crippen LogP contribution in [0.2, 0.25) is 0 Å². The number of carbonyl (C=O) groups excluding carboxylic acids is 1. The average Bonchev–Trinajstić information content (AvgIpc) is 2.61. The van der Waals surface area contributed by atoms with Crippen LogP contribution >= 0.6 is 0 Å². The average molecular weight is 352 g/mol. The summed E-state index contributed by atoms with van der Waals surface area (Å²) in [7, 11) is 0. The molecule has 4 aliphatic carbocycles. The van der Waals surface area contributed by atoms with E-state index in [0.717, 1.165) is 30.7 Å². The third-order valence-corrected chi connectivity index (χ3v) is 6.79. The fourth-order valence-corrected chi connectivity index (χ4v) is 6.06. The Morgan fingerprint density at radius 2 is 1.77 bits per heavy atom. The number of carbonyl (C=O) groups is 1. The van der Waals surface area contributed by atoms with Gasteiger partial charge in [0.2, 0.25) is 0 Å². The summed E-state index contributed by atoms with van der Waals surface area (Å²) in [6.45, 7) is 2.53. The Morgan fingerprint density at radius 1 is 1.19 bits per heavy atom. The van der Waals surface area contributed by atoms with Crippen molar-refractivity contribution < 1.29 is 9.53 Å². The molecule has 1 N–H and O–H groups in total. The Hall–Kier alpha value is -2.02. The molecule has 1 atom stereocenters. The lowest BCUT2D eigenvalue weighted by Gasteiger charge is -2.57. The van der Waals surface area contributed by atoms with Gasteiger partial charge in [0.15, 0.2) is 6.10 Å². The van der Waals surface area contributed by atoms with E-state index in [-0.39, 0.29) is 5.91 Å². The Kier molecular flexibility index (Phi) is 4.65. The molecule has 0 radical (unpaired) electrons. The minimum absolute atomic E-state index is 0.0564. The summed E-state index contributed by atoms with van der Waals surface area (Å²) in [6.07, 6.45) is 9.11. The van der Waals surface area contributed by atoms with Crippen molar-refractivity contribution in [2.24, 2.45) is 23.2 Å². The van der Waals surface area contributed by atoms with Crippen molar-refractivity contribution in [1.29, 1.82) is 5.26 Å². The predicted octanol–water partition coefficient (Wildman–Crippen LogP) is 4.05. The van der Waals surface area contributed by atoms with Gasteiger partial charge in [0, 0.05) is 6.54 Å². The number of nitrogens with zero attached hydrogens (tertiary/aromatic N) is 1. The number of nitrogens with one attached hydrogen (secondary N) is 1. The Labute approximate surface area is 155 Å².